The molecule has 1 heterocycles. The molecule has 10 heteroatoms. The lowest BCUT2D eigenvalue weighted by atomic mass is 10.0. The van der Waals surface area contributed by atoms with E-state index in [1.165, 1.54) is 23.9 Å². The van der Waals surface area contributed by atoms with Crippen LogP contribution in [0, 0.1) is 0 Å². The number of likely N-dealkylation sites (N-methyl/N-ethyl adjacent to an activating group) is 1. The average molecular weight is 471 g/mol. The standard InChI is InChI=1S/C20H25ClN3O4S2/c1-13(18(25)14-7-5-4-6-8-14)23(2)19-24(3)20(26,12-29-19)15-9-10-16(21)17(11-15)30(22,27)28/h4-11,13,18,25-26H,12H2,1-3H3,(H2,22,27,28)/q+1. The zero-order valence-corrected chi connectivity index (χ0v) is 19.2. The Bertz CT molecular complexity index is 1080. The van der Waals surface area contributed by atoms with Crippen LogP contribution in [0.25, 0.3) is 0 Å². The number of primary sulfonamides is 1. The number of aliphatic hydroxyl groups excluding tert-OH is 1. The maximum absolute atomic E-state index is 11.8. The fourth-order valence-electron chi connectivity index (χ4n) is 3.42. The third-order valence-corrected chi connectivity index (χ3v) is 8.21. The third kappa shape index (κ3) is 4.23. The summed E-state index contributed by atoms with van der Waals surface area (Å²) in [6, 6.07) is 13.4. The summed E-state index contributed by atoms with van der Waals surface area (Å²) >= 11 is 7.39. The molecule has 1 aliphatic rings. The van der Waals surface area contributed by atoms with Crippen LogP contribution in [0.4, 0.5) is 0 Å². The summed E-state index contributed by atoms with van der Waals surface area (Å²) in [5, 5.41) is 28.1. The molecule has 3 atom stereocenters. The molecule has 0 bridgehead atoms. The number of nitrogens with two attached hydrogens (primary N) is 1. The molecule has 1 fully saturated rings. The van der Waals surface area contributed by atoms with E-state index in [0.717, 1.165) is 10.7 Å². The van der Waals surface area contributed by atoms with Crippen LogP contribution in [0.2, 0.25) is 5.02 Å². The van der Waals surface area contributed by atoms with Gasteiger partial charge in [-0.15, -0.1) is 0 Å². The molecule has 30 heavy (non-hydrogen) atoms. The number of thioether (sulfide) groups is 1. The number of halogens is 1. The van der Waals surface area contributed by atoms with Gasteiger partial charge in [0.1, 0.15) is 17.0 Å². The second-order valence-electron chi connectivity index (χ2n) is 7.34. The number of amidine groups is 1. The lowest BCUT2D eigenvalue weighted by Gasteiger charge is -2.27. The number of nitrogens with zero attached hydrogens (tertiary/aromatic N) is 2. The number of benzene rings is 2. The molecule has 162 valence electrons. The van der Waals surface area contributed by atoms with Crippen molar-refractivity contribution >= 4 is 38.6 Å². The van der Waals surface area contributed by atoms with Gasteiger partial charge < -0.3 is 10.2 Å². The molecule has 0 saturated carbocycles. The first-order valence-corrected chi connectivity index (χ1v) is 12.1. The van der Waals surface area contributed by atoms with E-state index in [-0.39, 0.29) is 21.7 Å². The van der Waals surface area contributed by atoms with Crippen molar-refractivity contribution < 1.29 is 23.2 Å². The second kappa shape index (κ2) is 8.49. The molecule has 0 aromatic heterocycles. The van der Waals surface area contributed by atoms with E-state index < -0.39 is 21.9 Å². The minimum Gasteiger partial charge on any atom is -0.384 e. The average Bonchev–Trinajstić information content (AvgIpc) is 3.02. The van der Waals surface area contributed by atoms with Gasteiger partial charge in [-0.05, 0) is 36.4 Å². The van der Waals surface area contributed by atoms with Crippen LogP contribution in [0.3, 0.4) is 0 Å². The highest BCUT2D eigenvalue weighted by Crippen LogP contribution is 2.39. The quantitative estimate of drug-likeness (QED) is 0.576. The van der Waals surface area contributed by atoms with Gasteiger partial charge in [-0.2, -0.15) is 0 Å². The van der Waals surface area contributed by atoms with Crippen LogP contribution in [-0.2, 0) is 15.7 Å². The number of rotatable bonds is 5. The molecule has 2 aromatic carbocycles. The molecular weight excluding hydrogens is 446 g/mol. The van der Waals surface area contributed by atoms with E-state index >= 15 is 0 Å². The highest BCUT2D eigenvalue weighted by molar-refractivity contribution is 8.13. The Kier molecular flexibility index (Phi) is 6.52. The van der Waals surface area contributed by atoms with Crippen LogP contribution in [0.5, 0.6) is 0 Å². The summed E-state index contributed by atoms with van der Waals surface area (Å²) in [5.74, 6) is 0.267. The Morgan fingerprint density at radius 1 is 1.27 bits per heavy atom. The summed E-state index contributed by atoms with van der Waals surface area (Å²) in [5.41, 5.74) is -0.296. The normalized spacial score (nSPS) is 23.4. The minimum atomic E-state index is -4.03. The SMILES string of the molecule is CC(C(O)c1ccccc1)[N+](C)=C1SCC(O)(c2ccc(Cl)c(S(N)(=O)=O)c2)N1C. The topological polar surface area (TPSA) is 107 Å². The van der Waals surface area contributed by atoms with Crippen LogP contribution in [0.15, 0.2) is 53.4 Å². The molecule has 0 aliphatic carbocycles. The third-order valence-electron chi connectivity index (χ3n) is 5.46. The van der Waals surface area contributed by atoms with Crippen LogP contribution in [-0.4, -0.2) is 59.2 Å². The predicted octanol–water partition coefficient (Wildman–Crippen LogP) is 1.93. The van der Waals surface area contributed by atoms with E-state index in [0.29, 0.717) is 5.56 Å². The molecule has 1 saturated heterocycles. The van der Waals surface area contributed by atoms with Crippen molar-refractivity contribution in [1.29, 1.82) is 0 Å². The van der Waals surface area contributed by atoms with Crippen molar-refractivity contribution in [3.8, 4) is 0 Å². The van der Waals surface area contributed by atoms with Crippen molar-refractivity contribution in [1.82, 2.24) is 4.90 Å². The highest BCUT2D eigenvalue weighted by Gasteiger charge is 2.50. The summed E-state index contributed by atoms with van der Waals surface area (Å²) in [6.45, 7) is 1.90. The summed E-state index contributed by atoms with van der Waals surface area (Å²) in [4.78, 5) is 1.44. The fraction of sp³-hybridized carbons (Fsp3) is 0.350. The lowest BCUT2D eigenvalue weighted by molar-refractivity contribution is -0.549. The van der Waals surface area contributed by atoms with Crippen LogP contribution in [0.1, 0.15) is 24.2 Å². The smallest absolute Gasteiger partial charge is 0.311 e. The van der Waals surface area contributed by atoms with Gasteiger partial charge in [0, 0.05) is 5.56 Å². The van der Waals surface area contributed by atoms with Gasteiger partial charge in [-0.1, -0.05) is 48.0 Å². The van der Waals surface area contributed by atoms with Gasteiger partial charge in [0.2, 0.25) is 15.7 Å². The molecule has 3 rings (SSSR count). The maximum Gasteiger partial charge on any atom is 0.311 e. The Morgan fingerprint density at radius 2 is 1.90 bits per heavy atom. The molecular formula is C20H25ClN3O4S2+. The van der Waals surface area contributed by atoms with Crippen molar-refractivity contribution in [2.45, 2.75) is 29.7 Å². The number of hydrogen-bond acceptors (Lipinski definition) is 5. The highest BCUT2D eigenvalue weighted by atomic mass is 35.5. The van der Waals surface area contributed by atoms with Crippen LogP contribution < -0.4 is 5.14 Å². The van der Waals surface area contributed by atoms with Crippen molar-refractivity contribution in [2.24, 2.45) is 5.14 Å². The van der Waals surface area contributed by atoms with Crippen LogP contribution >= 0.6 is 23.4 Å². The first-order valence-electron chi connectivity index (χ1n) is 9.21. The van der Waals surface area contributed by atoms with E-state index in [2.05, 4.69) is 0 Å². The molecule has 7 nitrogen and oxygen atoms in total. The zero-order valence-electron chi connectivity index (χ0n) is 16.9. The fourth-order valence-corrected chi connectivity index (χ4v) is 5.89. The number of sulfonamides is 1. The molecule has 2 aromatic rings. The number of hydrogen-bond donors (Lipinski definition) is 3. The Labute approximate surface area is 185 Å². The van der Waals surface area contributed by atoms with Crippen molar-refractivity contribution in [3.05, 3.63) is 64.7 Å². The summed E-state index contributed by atoms with van der Waals surface area (Å²) < 4.78 is 25.6. The van der Waals surface area contributed by atoms with E-state index in [1.54, 1.807) is 18.0 Å². The lowest BCUT2D eigenvalue weighted by Crippen LogP contribution is -2.45. The van der Waals surface area contributed by atoms with E-state index in [9.17, 15) is 18.6 Å². The minimum absolute atomic E-state index is 0.000852. The molecule has 0 amide bonds. The first kappa shape index (κ1) is 23.1. The molecule has 3 unspecified atom stereocenters. The van der Waals surface area contributed by atoms with Gasteiger partial charge >= 0.3 is 5.17 Å². The van der Waals surface area contributed by atoms with Gasteiger partial charge in [0.25, 0.3) is 0 Å². The molecule has 1 aliphatic heterocycles. The zero-order chi connectivity index (χ0) is 22.3. The predicted molar refractivity (Wildman–Crippen MR) is 119 cm³/mol. The van der Waals surface area contributed by atoms with Crippen molar-refractivity contribution in [3.63, 3.8) is 0 Å². The van der Waals surface area contributed by atoms with Gasteiger partial charge in [-0.25, -0.2) is 18.5 Å². The Hall–Kier alpha value is -1.62. The largest absolute Gasteiger partial charge is 0.384 e. The second-order valence-corrected chi connectivity index (χ2v) is 10.2. The van der Waals surface area contributed by atoms with E-state index in [4.69, 9.17) is 16.7 Å². The van der Waals surface area contributed by atoms with Gasteiger partial charge in [0.15, 0.2) is 0 Å². The molecule has 0 spiro atoms. The molecule has 4 N–H and O–H groups in total. The van der Waals surface area contributed by atoms with Gasteiger partial charge in [0.05, 0.1) is 24.9 Å². The molecule has 0 radical (unpaired) electrons. The van der Waals surface area contributed by atoms with E-state index in [1.807, 2.05) is 48.9 Å². The monoisotopic (exact) mass is 470 g/mol. The maximum atomic E-state index is 11.8. The number of aliphatic hydroxyl groups is 2. The first-order chi connectivity index (χ1) is 14.0. The van der Waals surface area contributed by atoms with Crippen molar-refractivity contribution in [2.75, 3.05) is 19.8 Å². The Balaban J connectivity index is 1.95. The summed E-state index contributed by atoms with van der Waals surface area (Å²) in [6.07, 6.45) is -0.726. The Morgan fingerprint density at radius 3 is 2.50 bits per heavy atom. The van der Waals surface area contributed by atoms with Gasteiger partial charge in [-0.3, -0.25) is 4.58 Å². The summed E-state index contributed by atoms with van der Waals surface area (Å²) in [7, 11) is -0.466.